The zero-order chi connectivity index (χ0) is 32.2. The van der Waals surface area contributed by atoms with Gasteiger partial charge in [0.05, 0.1) is 18.8 Å². The molecule has 0 heterocycles. The summed E-state index contributed by atoms with van der Waals surface area (Å²) >= 11 is 0. The lowest BCUT2D eigenvalue weighted by atomic mass is 10.0. The quantitative estimate of drug-likeness (QED) is 0.0508. The van der Waals surface area contributed by atoms with Crippen LogP contribution in [0, 0.1) is 0 Å². The maximum atomic E-state index is 12.3. The van der Waals surface area contributed by atoms with Crippen LogP contribution in [0.1, 0.15) is 181 Å². The van der Waals surface area contributed by atoms with Crippen molar-refractivity contribution in [3.05, 3.63) is 48.6 Å². The van der Waals surface area contributed by atoms with E-state index in [0.717, 1.165) is 38.5 Å². The van der Waals surface area contributed by atoms with Crippen LogP contribution in [0.25, 0.3) is 0 Å². The molecule has 0 aliphatic heterocycles. The van der Waals surface area contributed by atoms with E-state index in [2.05, 4.69) is 48.7 Å². The summed E-state index contributed by atoms with van der Waals surface area (Å²) in [4.78, 5) is 12.3. The maximum Gasteiger partial charge on any atom is 0.220 e. The first-order valence-electron chi connectivity index (χ1n) is 18.8. The molecule has 0 aromatic heterocycles. The van der Waals surface area contributed by atoms with Crippen LogP contribution in [0.15, 0.2) is 48.6 Å². The molecule has 0 aromatic rings. The Bertz CT molecular complexity index is 711. The van der Waals surface area contributed by atoms with Crippen LogP contribution in [-0.2, 0) is 4.79 Å². The zero-order valence-corrected chi connectivity index (χ0v) is 29.2. The lowest BCUT2D eigenvalue weighted by Gasteiger charge is -2.19. The van der Waals surface area contributed by atoms with Crippen molar-refractivity contribution in [3.8, 4) is 0 Å². The molecule has 0 spiro atoms. The Labute approximate surface area is 274 Å². The molecule has 0 saturated carbocycles. The highest BCUT2D eigenvalue weighted by atomic mass is 16.3. The van der Waals surface area contributed by atoms with E-state index in [1.165, 1.54) is 122 Å². The van der Waals surface area contributed by atoms with Gasteiger partial charge in [-0.15, -0.1) is 0 Å². The van der Waals surface area contributed by atoms with E-state index in [-0.39, 0.29) is 12.5 Å². The molecule has 2 atom stereocenters. The van der Waals surface area contributed by atoms with Crippen molar-refractivity contribution in [3.63, 3.8) is 0 Å². The minimum absolute atomic E-state index is 0.0837. The summed E-state index contributed by atoms with van der Waals surface area (Å²) in [7, 11) is 0. The number of amides is 1. The fraction of sp³-hybridized carbons (Fsp3) is 0.775. The first-order valence-corrected chi connectivity index (χ1v) is 18.8. The minimum Gasteiger partial charge on any atom is -0.394 e. The van der Waals surface area contributed by atoms with E-state index < -0.39 is 12.1 Å². The highest BCUT2D eigenvalue weighted by Gasteiger charge is 2.17. The monoisotopic (exact) mass is 616 g/mol. The van der Waals surface area contributed by atoms with Gasteiger partial charge in [-0.1, -0.05) is 158 Å². The van der Waals surface area contributed by atoms with Crippen molar-refractivity contribution in [2.75, 3.05) is 6.61 Å². The van der Waals surface area contributed by atoms with Gasteiger partial charge >= 0.3 is 0 Å². The molecular weight excluding hydrogens is 542 g/mol. The number of carbonyl (C=O) groups is 1. The lowest BCUT2D eigenvalue weighted by Crippen LogP contribution is -2.45. The van der Waals surface area contributed by atoms with Gasteiger partial charge in [0.1, 0.15) is 0 Å². The van der Waals surface area contributed by atoms with E-state index in [0.29, 0.717) is 6.42 Å². The first-order chi connectivity index (χ1) is 21.7. The molecule has 4 heteroatoms. The molecule has 1 amide bonds. The van der Waals surface area contributed by atoms with Crippen molar-refractivity contribution < 1.29 is 15.0 Å². The van der Waals surface area contributed by atoms with Crippen molar-refractivity contribution in [2.24, 2.45) is 0 Å². The third-order valence-corrected chi connectivity index (χ3v) is 8.36. The molecule has 0 rings (SSSR count). The SMILES string of the molecule is C/C=C/CC/C=C/CC/C=C/C(O)C(CO)NC(=O)CCCCCCCCCCCCC/C=C\CCCCCCCCCC. The summed E-state index contributed by atoms with van der Waals surface area (Å²) < 4.78 is 0. The van der Waals surface area contributed by atoms with Gasteiger partial charge in [0.2, 0.25) is 5.91 Å². The molecule has 44 heavy (non-hydrogen) atoms. The number of carbonyl (C=O) groups excluding carboxylic acids is 1. The Hall–Kier alpha value is -1.65. The van der Waals surface area contributed by atoms with E-state index in [1.54, 1.807) is 6.08 Å². The molecular formula is C40H73NO3. The fourth-order valence-electron chi connectivity index (χ4n) is 5.45. The van der Waals surface area contributed by atoms with Gasteiger partial charge in [-0.2, -0.15) is 0 Å². The molecule has 256 valence electrons. The van der Waals surface area contributed by atoms with Gasteiger partial charge in [0.15, 0.2) is 0 Å². The number of aliphatic hydroxyl groups is 2. The van der Waals surface area contributed by atoms with Gasteiger partial charge in [-0.05, 0) is 64.7 Å². The van der Waals surface area contributed by atoms with Gasteiger partial charge in [0.25, 0.3) is 0 Å². The van der Waals surface area contributed by atoms with Crippen molar-refractivity contribution in [1.29, 1.82) is 0 Å². The van der Waals surface area contributed by atoms with E-state index in [4.69, 9.17) is 0 Å². The molecule has 0 fully saturated rings. The highest BCUT2D eigenvalue weighted by Crippen LogP contribution is 2.14. The molecule has 3 N–H and O–H groups in total. The first kappa shape index (κ1) is 42.3. The second-order valence-electron chi connectivity index (χ2n) is 12.6. The summed E-state index contributed by atoms with van der Waals surface area (Å²) in [5.41, 5.74) is 0. The van der Waals surface area contributed by atoms with Crippen LogP contribution in [0.2, 0.25) is 0 Å². The van der Waals surface area contributed by atoms with Crippen LogP contribution >= 0.6 is 0 Å². The Balaban J connectivity index is 3.54. The Morgan fingerprint density at radius 1 is 0.568 bits per heavy atom. The Morgan fingerprint density at radius 3 is 1.45 bits per heavy atom. The fourth-order valence-corrected chi connectivity index (χ4v) is 5.45. The largest absolute Gasteiger partial charge is 0.394 e. The van der Waals surface area contributed by atoms with E-state index >= 15 is 0 Å². The predicted octanol–water partition coefficient (Wildman–Crippen LogP) is 11.2. The van der Waals surface area contributed by atoms with Crippen molar-refractivity contribution in [2.45, 2.75) is 193 Å². The number of unbranched alkanes of at least 4 members (excludes halogenated alkanes) is 21. The Morgan fingerprint density at radius 2 is 0.977 bits per heavy atom. The summed E-state index contributed by atoms with van der Waals surface area (Å²) in [6.45, 7) is 4.05. The average Bonchev–Trinajstić information content (AvgIpc) is 3.03. The number of aliphatic hydroxyl groups excluding tert-OH is 2. The third-order valence-electron chi connectivity index (χ3n) is 8.36. The third kappa shape index (κ3) is 31.8. The van der Waals surface area contributed by atoms with Crippen LogP contribution in [0.5, 0.6) is 0 Å². The van der Waals surface area contributed by atoms with Crippen molar-refractivity contribution in [1.82, 2.24) is 5.32 Å². The van der Waals surface area contributed by atoms with Crippen LogP contribution in [0.3, 0.4) is 0 Å². The smallest absolute Gasteiger partial charge is 0.220 e. The summed E-state index contributed by atoms with van der Waals surface area (Å²) in [5.74, 6) is -0.0837. The molecule has 2 unspecified atom stereocenters. The maximum absolute atomic E-state index is 12.3. The standard InChI is InChI=1S/C40H73NO3/c1-3-5-7-9-11-13-14-15-16-17-18-19-20-21-22-23-24-25-26-28-30-32-34-36-40(44)41-38(37-42)39(43)35-33-31-29-27-12-10-8-6-4-2/h4,6,12,17-18,27,33,35,38-39,42-43H,3,5,7-11,13-16,19-26,28-32,34,36-37H2,1-2H3,(H,41,44)/b6-4+,18-17-,27-12+,35-33+. The number of allylic oxidation sites excluding steroid dienone is 7. The van der Waals surface area contributed by atoms with Crippen molar-refractivity contribution >= 4 is 5.91 Å². The van der Waals surface area contributed by atoms with Crippen LogP contribution in [0.4, 0.5) is 0 Å². The molecule has 0 aromatic carbocycles. The second kappa shape index (κ2) is 35.8. The zero-order valence-electron chi connectivity index (χ0n) is 29.2. The minimum atomic E-state index is -0.867. The summed E-state index contributed by atoms with van der Waals surface area (Å²) in [5, 5.41) is 22.7. The normalized spacial score (nSPS) is 13.6. The lowest BCUT2D eigenvalue weighted by molar-refractivity contribution is -0.123. The molecule has 0 aliphatic rings. The second-order valence-corrected chi connectivity index (χ2v) is 12.6. The van der Waals surface area contributed by atoms with Crippen LogP contribution < -0.4 is 5.32 Å². The number of hydrogen-bond donors (Lipinski definition) is 3. The van der Waals surface area contributed by atoms with Crippen LogP contribution in [-0.4, -0.2) is 34.9 Å². The Kier molecular flexibility index (Phi) is 34.5. The number of hydrogen-bond acceptors (Lipinski definition) is 3. The van der Waals surface area contributed by atoms with Gasteiger partial charge in [-0.25, -0.2) is 0 Å². The molecule has 0 bridgehead atoms. The van der Waals surface area contributed by atoms with Gasteiger partial charge < -0.3 is 15.5 Å². The predicted molar refractivity (Wildman–Crippen MR) is 193 cm³/mol. The topological polar surface area (TPSA) is 69.6 Å². The molecule has 4 nitrogen and oxygen atoms in total. The average molecular weight is 616 g/mol. The van der Waals surface area contributed by atoms with E-state index in [1.807, 2.05) is 13.0 Å². The molecule has 0 radical (unpaired) electrons. The number of rotatable bonds is 33. The summed E-state index contributed by atoms with van der Waals surface area (Å²) in [6, 6.07) is -0.642. The van der Waals surface area contributed by atoms with E-state index in [9.17, 15) is 15.0 Å². The van der Waals surface area contributed by atoms with Gasteiger partial charge in [-0.3, -0.25) is 4.79 Å². The highest BCUT2D eigenvalue weighted by molar-refractivity contribution is 5.76. The summed E-state index contributed by atoms with van der Waals surface area (Å²) in [6.07, 6.45) is 48.0. The number of nitrogens with one attached hydrogen (secondary N) is 1. The molecule has 0 saturated heterocycles. The van der Waals surface area contributed by atoms with Gasteiger partial charge in [0, 0.05) is 6.42 Å². The molecule has 0 aliphatic carbocycles.